The van der Waals surface area contributed by atoms with Crippen molar-refractivity contribution in [2.45, 2.75) is 130 Å². The number of hydrogen-bond donors (Lipinski definition) is 7. The van der Waals surface area contributed by atoms with Gasteiger partial charge in [0.05, 0.1) is 13.2 Å². The topological polar surface area (TPSA) is 289 Å². The summed E-state index contributed by atoms with van der Waals surface area (Å²) in [5.41, 5.74) is 0. The van der Waals surface area contributed by atoms with Gasteiger partial charge < -0.3 is 106 Å². The summed E-state index contributed by atoms with van der Waals surface area (Å²) in [6, 6.07) is 0. The van der Waals surface area contributed by atoms with E-state index < -0.39 is 119 Å². The zero-order valence-electron chi connectivity index (χ0n) is 36.1. The maximum atomic E-state index is 11.6. The second kappa shape index (κ2) is 25.0. The number of rotatable bonds is 31. The van der Waals surface area contributed by atoms with Crippen LogP contribution in [0.3, 0.4) is 0 Å². The molecule has 0 saturated carbocycles. The molecule has 59 heavy (non-hydrogen) atoms. The summed E-state index contributed by atoms with van der Waals surface area (Å²) in [4.78, 5) is 11.1. The Labute approximate surface area is 352 Å². The van der Waals surface area contributed by atoms with Gasteiger partial charge in [0.2, 0.25) is 5.79 Å². The lowest BCUT2D eigenvalue weighted by Crippen LogP contribution is -2.68. The molecule has 7 N–H and O–H groups in total. The van der Waals surface area contributed by atoms with Crippen molar-refractivity contribution in [3.8, 4) is 0 Å². The van der Waals surface area contributed by atoms with Gasteiger partial charge in [0, 0.05) is 72.5 Å². The van der Waals surface area contributed by atoms with Crippen molar-refractivity contribution in [1.29, 1.82) is 0 Å². The van der Waals surface area contributed by atoms with Crippen LogP contribution >= 0.6 is 0 Å². The summed E-state index contributed by atoms with van der Waals surface area (Å²) in [7, 11) is -20.3. The van der Waals surface area contributed by atoms with Gasteiger partial charge in [0.1, 0.15) is 49.3 Å². The molecule has 0 spiro atoms. The molecule has 2 aliphatic heterocycles. The van der Waals surface area contributed by atoms with Gasteiger partial charge in [-0.15, -0.1) is 0 Å². The third-order valence-corrected chi connectivity index (χ3v) is 23.6. The van der Waals surface area contributed by atoms with Crippen molar-refractivity contribution < 1.29 is 106 Å². The minimum absolute atomic E-state index is 0.0148. The molecule has 0 bridgehead atoms. The SMILES string of the molecule is CCO[Si](C)(O[C@H]1[C@H](O)[C@@H](O)[C@@H](OC2(CO)O[C@H](CO)[C@@H](O)[C@@H]2O[Si](OCC)(OCC)O[Si](C)(OCC)OCC)O[C@@H]1CO)O[Si](C)(OCC)O[Si](O)(OCC)OCC. The van der Waals surface area contributed by atoms with Crippen LogP contribution in [0.5, 0.6) is 0 Å². The molecular weight excluding hydrogens is 881 g/mol. The van der Waals surface area contributed by atoms with Gasteiger partial charge in [-0.05, 0) is 55.4 Å². The Balaban J connectivity index is 2.53. The Morgan fingerprint density at radius 2 is 1.00 bits per heavy atom. The van der Waals surface area contributed by atoms with Crippen LogP contribution in [0.15, 0.2) is 0 Å². The molecule has 2 saturated heterocycles. The van der Waals surface area contributed by atoms with E-state index in [1.54, 1.807) is 61.9 Å². The maximum absolute atomic E-state index is 11.6. The third kappa shape index (κ3) is 14.8. The van der Waals surface area contributed by atoms with Crippen LogP contribution < -0.4 is 0 Å². The molecule has 352 valence electrons. The van der Waals surface area contributed by atoms with E-state index in [4.69, 9.17) is 70.8 Å². The molecule has 11 atom stereocenters. The van der Waals surface area contributed by atoms with E-state index in [2.05, 4.69) is 0 Å². The number of aliphatic hydroxyl groups excluding tert-OH is 6. The van der Waals surface area contributed by atoms with Crippen molar-refractivity contribution in [2.75, 3.05) is 72.7 Å². The van der Waals surface area contributed by atoms with Gasteiger partial charge in [0.25, 0.3) is 0 Å². The maximum Gasteiger partial charge on any atom is 0.672 e. The quantitative estimate of drug-likeness (QED) is 0.0392. The number of aliphatic hydroxyl groups is 6. The normalized spacial score (nSPS) is 30.4. The van der Waals surface area contributed by atoms with Crippen molar-refractivity contribution in [1.82, 2.24) is 0 Å². The molecule has 0 aliphatic carbocycles. The van der Waals surface area contributed by atoms with Gasteiger partial charge >= 0.3 is 44.5 Å². The monoisotopic (exact) mass is 950 g/mol. The zero-order chi connectivity index (χ0) is 44.7. The van der Waals surface area contributed by atoms with Crippen LogP contribution in [-0.4, -0.2) is 207 Å². The minimum Gasteiger partial charge on any atom is -0.394 e. The fourth-order valence-corrected chi connectivity index (χ4v) is 21.3. The second-order valence-corrected chi connectivity index (χ2v) is 25.6. The smallest absolute Gasteiger partial charge is 0.394 e. The fraction of sp³-hybridized carbons (Fsp3) is 1.00. The summed E-state index contributed by atoms with van der Waals surface area (Å²) in [5, 5.41) is 66.3. The van der Waals surface area contributed by atoms with E-state index in [0.717, 1.165) is 0 Å². The average Bonchev–Trinajstić information content (AvgIpc) is 3.41. The van der Waals surface area contributed by atoms with Crippen LogP contribution in [0, 0.1) is 0 Å². The van der Waals surface area contributed by atoms with E-state index in [0.29, 0.717) is 0 Å². The van der Waals surface area contributed by atoms with Crippen molar-refractivity contribution in [3.05, 3.63) is 0 Å². The molecule has 23 nitrogen and oxygen atoms in total. The lowest BCUT2D eigenvalue weighted by Gasteiger charge is -2.47. The minimum atomic E-state index is -4.46. The summed E-state index contributed by atoms with van der Waals surface area (Å²) in [6.07, 6.45) is -13.8. The second-order valence-electron chi connectivity index (χ2n) is 13.1. The van der Waals surface area contributed by atoms with Crippen LogP contribution in [0.25, 0.3) is 0 Å². The highest BCUT2D eigenvalue weighted by Crippen LogP contribution is 2.41. The largest absolute Gasteiger partial charge is 0.672 e. The van der Waals surface area contributed by atoms with Gasteiger partial charge in [-0.2, -0.15) is 0 Å². The fourth-order valence-electron chi connectivity index (χ4n) is 6.43. The van der Waals surface area contributed by atoms with Crippen LogP contribution in [0.4, 0.5) is 0 Å². The van der Waals surface area contributed by atoms with Crippen LogP contribution in [-0.2, 0) is 70.8 Å². The highest BCUT2D eigenvalue weighted by molar-refractivity contribution is 6.78. The Kier molecular flexibility index (Phi) is 23.4. The molecule has 0 aromatic rings. The Morgan fingerprint density at radius 1 is 0.525 bits per heavy atom. The van der Waals surface area contributed by atoms with Crippen LogP contribution in [0.2, 0.25) is 19.6 Å². The first kappa shape index (κ1) is 55.3. The number of ether oxygens (including phenoxy) is 3. The summed E-state index contributed by atoms with van der Waals surface area (Å²) < 4.78 is 95.4. The Hall–Kier alpha value is 0.164. The predicted octanol–water partition coefficient (Wildman–Crippen LogP) is -1.44. The predicted molar refractivity (Wildman–Crippen MR) is 211 cm³/mol. The summed E-state index contributed by atoms with van der Waals surface area (Å²) >= 11 is 0. The van der Waals surface area contributed by atoms with Gasteiger partial charge in [0.15, 0.2) is 6.29 Å². The van der Waals surface area contributed by atoms with Crippen LogP contribution in [0.1, 0.15) is 55.4 Å². The first-order chi connectivity index (χ1) is 27.8. The van der Waals surface area contributed by atoms with Crippen molar-refractivity contribution in [2.24, 2.45) is 0 Å². The molecular formula is C31H70O23Si5. The highest BCUT2D eigenvalue weighted by Gasteiger charge is 2.66. The van der Waals surface area contributed by atoms with Gasteiger partial charge in [-0.1, -0.05) is 0 Å². The lowest BCUT2D eigenvalue weighted by molar-refractivity contribution is -0.383. The van der Waals surface area contributed by atoms with Crippen molar-refractivity contribution >= 4 is 44.5 Å². The first-order valence-corrected chi connectivity index (χ1v) is 29.9. The molecule has 0 aromatic heterocycles. The zero-order valence-corrected chi connectivity index (χ0v) is 41.1. The molecule has 0 radical (unpaired) electrons. The van der Waals surface area contributed by atoms with E-state index >= 15 is 0 Å². The molecule has 2 aliphatic rings. The summed E-state index contributed by atoms with van der Waals surface area (Å²) in [6.45, 7) is 15.7. The molecule has 2 fully saturated rings. The van der Waals surface area contributed by atoms with Gasteiger partial charge in [-0.3, -0.25) is 0 Å². The molecule has 0 amide bonds. The molecule has 0 aromatic carbocycles. The first-order valence-electron chi connectivity index (χ1n) is 20.0. The third-order valence-electron chi connectivity index (χ3n) is 8.55. The molecule has 2 rings (SSSR count). The standard InChI is InChI=1S/C31H70O23Si5/c1-12-39-55(9,40-13-2)54-59(45-18-7,46-19-8)51-29-25(35)23(20-32)48-31(29,22-34)49-30-27(37)26(36)28(24(21-33)47-30)50-56(10,41-14-3)52-57(11,42-15-4)53-58(38,43-16-5)44-17-6/h23-30,32-38H,12-22H2,1-11H3/t23-,24-,25-,26-,27-,28-,29+,30-,31?,56?,57?/m1/s1. The molecule has 28 heteroatoms. The lowest BCUT2D eigenvalue weighted by atomic mass is 9.99. The van der Waals surface area contributed by atoms with E-state index in [9.17, 15) is 35.4 Å². The van der Waals surface area contributed by atoms with Gasteiger partial charge in [-0.25, -0.2) is 0 Å². The van der Waals surface area contributed by atoms with E-state index in [-0.39, 0.29) is 52.9 Å². The van der Waals surface area contributed by atoms with E-state index in [1.165, 1.54) is 13.1 Å². The summed E-state index contributed by atoms with van der Waals surface area (Å²) in [5.74, 6) is -2.46. The number of hydrogen-bond acceptors (Lipinski definition) is 23. The van der Waals surface area contributed by atoms with Crippen molar-refractivity contribution in [3.63, 3.8) is 0 Å². The Morgan fingerprint density at radius 3 is 1.46 bits per heavy atom. The average molecular weight is 951 g/mol. The van der Waals surface area contributed by atoms with E-state index in [1.807, 2.05) is 0 Å². The Bertz CT molecular complexity index is 1170. The molecule has 3 unspecified atom stereocenters. The highest BCUT2D eigenvalue weighted by atomic mass is 28.5. The molecule has 2 heterocycles.